The molecule has 1 aromatic carbocycles. The van der Waals surface area contributed by atoms with Crippen LogP contribution in [0.1, 0.15) is 96.1 Å². The van der Waals surface area contributed by atoms with E-state index in [-0.39, 0.29) is 11.5 Å². The predicted octanol–water partition coefficient (Wildman–Crippen LogP) is 6.48. The molecule has 0 aliphatic rings. The first kappa shape index (κ1) is 24.1. The molecule has 0 saturated carbocycles. The van der Waals surface area contributed by atoms with Crippen molar-refractivity contribution in [3.63, 3.8) is 0 Å². The van der Waals surface area contributed by atoms with Crippen LogP contribution in [-0.2, 0) is 0 Å². The zero-order chi connectivity index (χ0) is 17.7. The number of hydroxylamine groups is 4. The van der Waals surface area contributed by atoms with Crippen LogP contribution in [0.2, 0.25) is 0 Å². The van der Waals surface area contributed by atoms with E-state index < -0.39 is 4.81 Å². The van der Waals surface area contributed by atoms with Gasteiger partial charge in [0.2, 0.25) is 0 Å². The largest absolute Gasteiger partial charge is 0.870 e. The second-order valence-electron chi connectivity index (χ2n) is 7.00. The molecule has 1 atom stereocenters. The normalized spacial score (nSPS) is 12.6. The second-order valence-corrected chi connectivity index (χ2v) is 7.00. The van der Waals surface area contributed by atoms with E-state index in [1.54, 1.807) is 0 Å². The highest BCUT2D eigenvalue weighted by Crippen LogP contribution is 2.30. The SMILES string of the molecule is CCCCCCCCCCCCC(c1ccccc1)[N+](O)(O)CC.[OH-]. The van der Waals surface area contributed by atoms with Gasteiger partial charge in [-0.15, -0.1) is 0 Å². The summed E-state index contributed by atoms with van der Waals surface area (Å²) >= 11 is 0. The Morgan fingerprint density at radius 2 is 1.24 bits per heavy atom. The second kappa shape index (κ2) is 14.3. The van der Waals surface area contributed by atoms with Gasteiger partial charge in [0.25, 0.3) is 0 Å². The highest BCUT2D eigenvalue weighted by Gasteiger charge is 2.34. The lowest BCUT2D eigenvalue weighted by molar-refractivity contribution is -1.26. The predicted molar refractivity (Wildman–Crippen MR) is 102 cm³/mol. The topological polar surface area (TPSA) is 70.5 Å². The van der Waals surface area contributed by atoms with Crippen LogP contribution in [0.25, 0.3) is 0 Å². The van der Waals surface area contributed by atoms with Crippen molar-refractivity contribution in [3.8, 4) is 0 Å². The van der Waals surface area contributed by atoms with E-state index in [1.165, 1.54) is 57.8 Å². The average molecular weight is 354 g/mol. The minimum atomic E-state index is -0.901. The highest BCUT2D eigenvalue weighted by atomic mass is 16.8. The van der Waals surface area contributed by atoms with Crippen molar-refractivity contribution >= 4 is 0 Å². The maximum atomic E-state index is 10.3. The van der Waals surface area contributed by atoms with Crippen molar-refractivity contribution in [3.05, 3.63) is 35.9 Å². The van der Waals surface area contributed by atoms with Gasteiger partial charge < -0.3 is 5.48 Å². The van der Waals surface area contributed by atoms with Gasteiger partial charge in [-0.1, -0.05) is 95.0 Å². The van der Waals surface area contributed by atoms with Gasteiger partial charge >= 0.3 is 0 Å². The van der Waals surface area contributed by atoms with Crippen molar-refractivity contribution < 1.29 is 20.7 Å². The van der Waals surface area contributed by atoms with E-state index in [1.807, 2.05) is 37.3 Å². The molecule has 0 aliphatic carbocycles. The van der Waals surface area contributed by atoms with E-state index in [2.05, 4.69) is 6.92 Å². The molecule has 0 saturated heterocycles. The number of hydrogen-bond donors (Lipinski definition) is 2. The van der Waals surface area contributed by atoms with Crippen molar-refractivity contribution in [1.29, 1.82) is 0 Å². The van der Waals surface area contributed by atoms with Crippen LogP contribution < -0.4 is 0 Å². The summed E-state index contributed by atoms with van der Waals surface area (Å²) in [6.07, 6.45) is 13.8. The standard InChI is InChI=1S/C21H38NO2.H2O/c1-3-5-6-7-8-9-10-11-12-16-19-21(22(23,24)4-2)20-17-14-13-15-18-20;/h13-15,17-18,21,23-24H,3-12,16,19H2,1-2H3;1H2/q+1;/p-1. The van der Waals surface area contributed by atoms with Gasteiger partial charge in [-0.3, -0.25) is 0 Å². The third-order valence-corrected chi connectivity index (χ3v) is 4.98. The molecule has 4 nitrogen and oxygen atoms in total. The van der Waals surface area contributed by atoms with Crippen LogP contribution in [-0.4, -0.2) is 27.2 Å². The van der Waals surface area contributed by atoms with Gasteiger partial charge in [-0.25, -0.2) is 0 Å². The monoisotopic (exact) mass is 353 g/mol. The number of hydrogen-bond acceptors (Lipinski definition) is 3. The maximum Gasteiger partial charge on any atom is 0.177 e. The van der Waals surface area contributed by atoms with Crippen LogP contribution in [0.4, 0.5) is 0 Å². The third-order valence-electron chi connectivity index (χ3n) is 4.98. The van der Waals surface area contributed by atoms with Gasteiger partial charge in [0.15, 0.2) is 6.04 Å². The summed E-state index contributed by atoms with van der Waals surface area (Å²) in [7, 11) is 0. The molecular formula is C21H39NO3. The van der Waals surface area contributed by atoms with Crippen LogP contribution >= 0.6 is 0 Å². The Kier molecular flexibility index (Phi) is 13.7. The quantitative estimate of drug-likeness (QED) is 0.228. The van der Waals surface area contributed by atoms with Crippen LogP contribution in [0, 0.1) is 0 Å². The number of quaternary nitrogens is 1. The number of nitrogens with zero attached hydrogens (tertiary/aromatic N) is 1. The summed E-state index contributed by atoms with van der Waals surface area (Å²) in [5.41, 5.74) is 1.01. The Morgan fingerprint density at radius 3 is 1.72 bits per heavy atom. The summed E-state index contributed by atoms with van der Waals surface area (Å²) < 4.78 is 0. The first-order valence-electron chi connectivity index (χ1n) is 10.00. The fourth-order valence-electron chi connectivity index (χ4n) is 3.33. The Hall–Kier alpha value is -0.940. The van der Waals surface area contributed by atoms with Gasteiger partial charge in [0.1, 0.15) is 6.54 Å². The minimum absolute atomic E-state index is 0. The van der Waals surface area contributed by atoms with Gasteiger partial charge in [0.05, 0.1) is 0 Å². The summed E-state index contributed by atoms with van der Waals surface area (Å²) in [5.74, 6) is 0. The zero-order valence-electron chi connectivity index (χ0n) is 16.2. The van der Waals surface area contributed by atoms with E-state index in [0.29, 0.717) is 6.54 Å². The molecule has 0 amide bonds. The van der Waals surface area contributed by atoms with E-state index >= 15 is 0 Å². The van der Waals surface area contributed by atoms with E-state index in [4.69, 9.17) is 0 Å². The Balaban J connectivity index is 0.00000576. The molecule has 25 heavy (non-hydrogen) atoms. The van der Waals surface area contributed by atoms with Crippen molar-refractivity contribution in [2.75, 3.05) is 6.54 Å². The summed E-state index contributed by atoms with van der Waals surface area (Å²) in [6.45, 7) is 4.37. The molecule has 0 radical (unpaired) electrons. The Bertz CT molecular complexity index is 409. The zero-order valence-corrected chi connectivity index (χ0v) is 16.2. The molecule has 146 valence electrons. The number of rotatable bonds is 14. The summed E-state index contributed by atoms with van der Waals surface area (Å²) in [4.78, 5) is -0.901. The first-order valence-corrected chi connectivity index (χ1v) is 10.00. The lowest BCUT2D eigenvalue weighted by Crippen LogP contribution is -2.44. The lowest BCUT2D eigenvalue weighted by Gasteiger charge is -2.29. The molecule has 1 rings (SSSR count). The minimum Gasteiger partial charge on any atom is -0.870 e. The molecule has 3 N–H and O–H groups in total. The van der Waals surface area contributed by atoms with Crippen molar-refractivity contribution in [2.24, 2.45) is 0 Å². The molecular weight excluding hydrogens is 314 g/mol. The number of benzene rings is 1. The molecule has 1 unspecified atom stereocenters. The van der Waals surface area contributed by atoms with Gasteiger partial charge in [-0.2, -0.15) is 10.4 Å². The summed E-state index contributed by atoms with van der Waals surface area (Å²) in [5, 5.41) is 20.5. The van der Waals surface area contributed by atoms with Gasteiger partial charge in [-0.05, 0) is 18.2 Å². The molecule has 0 spiro atoms. The molecule has 0 fully saturated rings. The van der Waals surface area contributed by atoms with Crippen LogP contribution in [0.5, 0.6) is 0 Å². The van der Waals surface area contributed by atoms with E-state index in [9.17, 15) is 10.4 Å². The highest BCUT2D eigenvalue weighted by molar-refractivity contribution is 5.17. The lowest BCUT2D eigenvalue weighted by atomic mass is 9.98. The van der Waals surface area contributed by atoms with Crippen molar-refractivity contribution in [2.45, 2.75) is 90.5 Å². The fourth-order valence-corrected chi connectivity index (χ4v) is 3.33. The number of unbranched alkanes of at least 4 members (excludes halogenated alkanes) is 9. The van der Waals surface area contributed by atoms with Crippen LogP contribution in [0.3, 0.4) is 0 Å². The molecule has 0 heterocycles. The average Bonchev–Trinajstić information content (AvgIpc) is 2.60. The fraction of sp³-hybridized carbons (Fsp3) is 0.714. The van der Waals surface area contributed by atoms with Crippen LogP contribution in [0.15, 0.2) is 30.3 Å². The Labute approximate surface area is 154 Å². The Morgan fingerprint density at radius 1 is 0.760 bits per heavy atom. The molecule has 0 bridgehead atoms. The molecule has 4 heteroatoms. The van der Waals surface area contributed by atoms with Gasteiger partial charge in [0, 0.05) is 12.0 Å². The molecule has 0 aromatic heterocycles. The van der Waals surface area contributed by atoms with Crippen molar-refractivity contribution in [1.82, 2.24) is 0 Å². The first-order chi connectivity index (χ1) is 11.6. The third kappa shape index (κ3) is 9.95. The molecule has 0 aliphatic heterocycles. The van der Waals surface area contributed by atoms with E-state index in [0.717, 1.165) is 18.4 Å². The maximum absolute atomic E-state index is 10.3. The smallest absolute Gasteiger partial charge is 0.177 e. The molecule has 1 aromatic rings. The summed E-state index contributed by atoms with van der Waals surface area (Å²) in [6, 6.07) is 9.65.